The van der Waals surface area contributed by atoms with Crippen molar-refractivity contribution in [2.75, 3.05) is 43.1 Å². The number of hydrogen-bond acceptors (Lipinski definition) is 8. The van der Waals surface area contributed by atoms with E-state index < -0.39 is 0 Å². The smallest absolute Gasteiger partial charge is 0.236 e. The van der Waals surface area contributed by atoms with Crippen molar-refractivity contribution >= 4 is 28.8 Å². The third-order valence-corrected chi connectivity index (χ3v) is 5.35. The number of benzene rings is 1. The number of nitrogens with two attached hydrogens (primary N) is 2. The van der Waals surface area contributed by atoms with Crippen LogP contribution in [0.3, 0.4) is 0 Å². The Morgan fingerprint density at radius 3 is 2.50 bits per heavy atom. The summed E-state index contributed by atoms with van der Waals surface area (Å²) >= 11 is 0. The number of anilines is 5. The summed E-state index contributed by atoms with van der Waals surface area (Å²) in [5, 5.41) is 4.64. The van der Waals surface area contributed by atoms with Crippen LogP contribution in [0.25, 0.3) is 0 Å². The second-order valence-electron chi connectivity index (χ2n) is 7.49. The molecule has 0 spiro atoms. The minimum absolute atomic E-state index is 0.249. The molecule has 0 atom stereocenters. The van der Waals surface area contributed by atoms with Gasteiger partial charge in [0.2, 0.25) is 5.95 Å². The van der Waals surface area contributed by atoms with Crippen LogP contribution in [0.4, 0.5) is 28.8 Å². The van der Waals surface area contributed by atoms with Gasteiger partial charge < -0.3 is 21.1 Å². The van der Waals surface area contributed by atoms with Gasteiger partial charge in [-0.3, -0.25) is 9.58 Å². The summed E-state index contributed by atoms with van der Waals surface area (Å²) in [7, 11) is 2.15. The molecule has 1 fully saturated rings. The standard InChI is InChI=1S/C21H28N8O/c1-3-30-18-6-4-16(5-7-18)29(21-24-13-19(22)20(23)26-21)17-12-25-28(14-17)15-8-10-27(2)11-9-15/h4-7,12-15H,3,8-11,22H2,1-2H3,(H2,23,24,26). The molecule has 0 radical (unpaired) electrons. The van der Waals surface area contributed by atoms with Gasteiger partial charge in [0.1, 0.15) is 5.75 Å². The van der Waals surface area contributed by atoms with E-state index in [9.17, 15) is 0 Å². The van der Waals surface area contributed by atoms with Crippen molar-refractivity contribution in [2.24, 2.45) is 0 Å². The number of hydrogen-bond donors (Lipinski definition) is 2. The van der Waals surface area contributed by atoms with Crippen LogP contribution in [0.1, 0.15) is 25.8 Å². The van der Waals surface area contributed by atoms with Gasteiger partial charge in [-0.05, 0) is 64.2 Å². The van der Waals surface area contributed by atoms with Crippen molar-refractivity contribution in [2.45, 2.75) is 25.8 Å². The predicted octanol–water partition coefficient (Wildman–Crippen LogP) is 2.97. The lowest BCUT2D eigenvalue weighted by Crippen LogP contribution is -2.31. The Balaban J connectivity index is 1.69. The van der Waals surface area contributed by atoms with E-state index in [4.69, 9.17) is 16.2 Å². The molecule has 0 amide bonds. The molecule has 1 aromatic carbocycles. The highest BCUT2D eigenvalue weighted by molar-refractivity contribution is 5.73. The summed E-state index contributed by atoms with van der Waals surface area (Å²) in [4.78, 5) is 13.1. The van der Waals surface area contributed by atoms with Gasteiger partial charge in [-0.15, -0.1) is 0 Å². The van der Waals surface area contributed by atoms with Crippen molar-refractivity contribution in [3.63, 3.8) is 0 Å². The number of nitrogens with zero attached hydrogens (tertiary/aromatic N) is 6. The maximum atomic E-state index is 5.97. The maximum absolute atomic E-state index is 5.97. The van der Waals surface area contributed by atoms with Crippen molar-refractivity contribution in [3.05, 3.63) is 42.9 Å². The molecule has 9 heteroatoms. The van der Waals surface area contributed by atoms with E-state index in [0.29, 0.717) is 24.3 Å². The molecule has 1 aliphatic rings. The van der Waals surface area contributed by atoms with Crippen LogP contribution in [0.5, 0.6) is 5.75 Å². The fraction of sp³-hybridized carbons (Fsp3) is 0.381. The molecule has 4 rings (SSSR count). The van der Waals surface area contributed by atoms with Crippen LogP contribution in [-0.2, 0) is 0 Å². The van der Waals surface area contributed by atoms with Crippen molar-refractivity contribution < 1.29 is 4.74 Å². The Labute approximate surface area is 176 Å². The summed E-state index contributed by atoms with van der Waals surface area (Å²) in [5.74, 6) is 1.49. The number of aromatic nitrogens is 4. The summed E-state index contributed by atoms with van der Waals surface area (Å²) in [6.45, 7) is 4.72. The number of likely N-dealkylation sites (tertiary alicyclic amines) is 1. The molecule has 1 saturated heterocycles. The zero-order valence-corrected chi connectivity index (χ0v) is 17.4. The molecular formula is C21H28N8O. The van der Waals surface area contributed by atoms with Gasteiger partial charge in [-0.2, -0.15) is 10.1 Å². The number of ether oxygens (including phenoxy) is 1. The first-order valence-corrected chi connectivity index (χ1v) is 10.2. The van der Waals surface area contributed by atoms with Crippen LogP contribution < -0.4 is 21.1 Å². The second-order valence-corrected chi connectivity index (χ2v) is 7.49. The lowest BCUT2D eigenvalue weighted by molar-refractivity contribution is 0.212. The van der Waals surface area contributed by atoms with Gasteiger partial charge in [-0.1, -0.05) is 0 Å². The molecule has 4 N–H and O–H groups in total. The normalized spacial score (nSPS) is 15.3. The van der Waals surface area contributed by atoms with Gasteiger partial charge in [0, 0.05) is 11.9 Å². The van der Waals surface area contributed by atoms with Crippen LogP contribution in [0, 0.1) is 0 Å². The highest BCUT2D eigenvalue weighted by atomic mass is 16.5. The topological polar surface area (TPSA) is 111 Å². The average molecular weight is 409 g/mol. The molecule has 9 nitrogen and oxygen atoms in total. The molecule has 3 heterocycles. The van der Waals surface area contributed by atoms with Crippen LogP contribution in [-0.4, -0.2) is 51.4 Å². The molecule has 0 unspecified atom stereocenters. The third-order valence-electron chi connectivity index (χ3n) is 5.35. The van der Waals surface area contributed by atoms with E-state index in [0.717, 1.165) is 43.1 Å². The number of rotatable bonds is 6. The lowest BCUT2D eigenvalue weighted by Gasteiger charge is -2.29. The first kappa shape index (κ1) is 20.0. The zero-order chi connectivity index (χ0) is 21.1. The largest absolute Gasteiger partial charge is 0.494 e. The van der Waals surface area contributed by atoms with Crippen LogP contribution >= 0.6 is 0 Å². The van der Waals surface area contributed by atoms with Crippen molar-refractivity contribution in [1.29, 1.82) is 0 Å². The summed E-state index contributed by atoms with van der Waals surface area (Å²) < 4.78 is 7.62. The fourth-order valence-electron chi connectivity index (χ4n) is 3.64. The van der Waals surface area contributed by atoms with Gasteiger partial charge in [-0.25, -0.2) is 4.98 Å². The monoisotopic (exact) mass is 408 g/mol. The molecular weight excluding hydrogens is 380 g/mol. The SMILES string of the molecule is CCOc1ccc(N(c2cnn(C3CCN(C)CC3)c2)c2ncc(N)c(N)n2)cc1. The molecule has 0 saturated carbocycles. The van der Waals surface area contributed by atoms with E-state index in [-0.39, 0.29) is 5.82 Å². The van der Waals surface area contributed by atoms with Gasteiger partial charge in [0.25, 0.3) is 0 Å². The summed E-state index contributed by atoms with van der Waals surface area (Å²) in [5.41, 5.74) is 13.9. The quantitative estimate of drug-likeness (QED) is 0.640. The second kappa shape index (κ2) is 8.58. The van der Waals surface area contributed by atoms with Crippen LogP contribution in [0.15, 0.2) is 42.9 Å². The third kappa shape index (κ3) is 4.16. The molecule has 0 aliphatic carbocycles. The molecule has 1 aliphatic heterocycles. The number of nitrogen functional groups attached to an aromatic ring is 2. The molecule has 30 heavy (non-hydrogen) atoms. The van der Waals surface area contributed by atoms with E-state index >= 15 is 0 Å². The molecule has 0 bridgehead atoms. The maximum Gasteiger partial charge on any atom is 0.236 e. The summed E-state index contributed by atoms with van der Waals surface area (Å²) in [6, 6.07) is 8.16. The molecule has 2 aromatic heterocycles. The molecule has 3 aromatic rings. The minimum atomic E-state index is 0.249. The van der Waals surface area contributed by atoms with E-state index in [2.05, 4.69) is 27.0 Å². The Hall–Kier alpha value is -3.33. The Bertz CT molecular complexity index is 979. The van der Waals surface area contributed by atoms with Gasteiger partial charge in [0.05, 0.1) is 36.4 Å². The van der Waals surface area contributed by atoms with Crippen LogP contribution in [0.2, 0.25) is 0 Å². The Kier molecular flexibility index (Phi) is 5.71. The first-order chi connectivity index (χ1) is 14.5. The minimum Gasteiger partial charge on any atom is -0.494 e. The summed E-state index contributed by atoms with van der Waals surface area (Å²) in [6.07, 6.45) is 7.56. The average Bonchev–Trinajstić information content (AvgIpc) is 3.22. The predicted molar refractivity (Wildman–Crippen MR) is 118 cm³/mol. The zero-order valence-electron chi connectivity index (χ0n) is 17.4. The Morgan fingerprint density at radius 2 is 1.83 bits per heavy atom. The highest BCUT2D eigenvalue weighted by Crippen LogP contribution is 2.34. The fourth-order valence-corrected chi connectivity index (χ4v) is 3.64. The molecule has 158 valence electrons. The van der Waals surface area contributed by atoms with E-state index in [1.165, 1.54) is 6.20 Å². The highest BCUT2D eigenvalue weighted by Gasteiger charge is 2.22. The van der Waals surface area contributed by atoms with Gasteiger partial charge in [0.15, 0.2) is 5.82 Å². The lowest BCUT2D eigenvalue weighted by atomic mass is 10.1. The first-order valence-electron chi connectivity index (χ1n) is 10.2. The van der Waals surface area contributed by atoms with E-state index in [1.807, 2.05) is 53.2 Å². The van der Waals surface area contributed by atoms with E-state index in [1.54, 1.807) is 0 Å². The van der Waals surface area contributed by atoms with Crippen molar-refractivity contribution in [1.82, 2.24) is 24.6 Å². The Morgan fingerprint density at radius 1 is 1.10 bits per heavy atom. The van der Waals surface area contributed by atoms with Gasteiger partial charge >= 0.3 is 0 Å². The van der Waals surface area contributed by atoms with Crippen molar-refractivity contribution in [3.8, 4) is 5.75 Å². The number of piperidine rings is 1.